The van der Waals surface area contributed by atoms with Crippen LogP contribution >= 0.6 is 23.2 Å². The smallest absolute Gasteiger partial charge is 0.171 e. The van der Waals surface area contributed by atoms with E-state index < -0.39 is 23.4 Å². The Hall–Kier alpha value is -0.410. The minimum Gasteiger partial charge on any atom is -0.171 e. The quantitative estimate of drug-likeness (QED) is 0.611. The number of rotatable bonds is 3. The van der Waals surface area contributed by atoms with E-state index in [1.54, 1.807) is 12.1 Å². The van der Waals surface area contributed by atoms with E-state index in [9.17, 15) is 13.2 Å². The fourth-order valence-electron chi connectivity index (χ4n) is 3.02. The van der Waals surface area contributed by atoms with Crippen LogP contribution in [0.5, 0.6) is 0 Å². The Bertz CT molecular complexity index is 445. The molecule has 3 atom stereocenters. The lowest BCUT2D eigenvalue weighted by atomic mass is 9.75. The number of benzene rings is 1. The molecule has 112 valence electrons. The van der Waals surface area contributed by atoms with Gasteiger partial charge in [0.1, 0.15) is 0 Å². The first kappa shape index (κ1) is 16.0. The summed E-state index contributed by atoms with van der Waals surface area (Å²) in [5.74, 6) is -1.79. The molecule has 0 aromatic heterocycles. The minimum atomic E-state index is -4.15. The molecule has 1 aliphatic carbocycles. The second-order valence-electron chi connectivity index (χ2n) is 5.41. The first-order chi connectivity index (χ1) is 9.39. The first-order valence-electron chi connectivity index (χ1n) is 6.84. The van der Waals surface area contributed by atoms with Gasteiger partial charge in [0.2, 0.25) is 0 Å². The molecule has 1 aliphatic rings. The van der Waals surface area contributed by atoms with Crippen molar-refractivity contribution in [3.8, 4) is 0 Å². The fourth-order valence-corrected chi connectivity index (χ4v) is 3.70. The molecule has 5 heteroatoms. The van der Waals surface area contributed by atoms with Crippen molar-refractivity contribution in [3.05, 3.63) is 34.9 Å². The van der Waals surface area contributed by atoms with Crippen molar-refractivity contribution in [2.75, 3.05) is 0 Å². The SMILES string of the molecule is FC(F)(F)C1CCCCC1C(Cl)Cc1ccccc1Cl. The second-order valence-corrected chi connectivity index (χ2v) is 6.38. The average molecular weight is 325 g/mol. The Balaban J connectivity index is 2.10. The van der Waals surface area contributed by atoms with Gasteiger partial charge in [-0.3, -0.25) is 0 Å². The van der Waals surface area contributed by atoms with E-state index in [1.165, 1.54) is 0 Å². The van der Waals surface area contributed by atoms with E-state index in [2.05, 4.69) is 0 Å². The molecule has 1 aromatic carbocycles. The van der Waals surface area contributed by atoms with Gasteiger partial charge in [0.25, 0.3) is 0 Å². The predicted molar refractivity (Wildman–Crippen MR) is 76.3 cm³/mol. The van der Waals surface area contributed by atoms with Crippen LogP contribution in [0.4, 0.5) is 13.2 Å². The minimum absolute atomic E-state index is 0.194. The molecule has 0 heterocycles. The molecule has 1 fully saturated rings. The molecular weight excluding hydrogens is 308 g/mol. The molecule has 0 amide bonds. The number of hydrogen-bond donors (Lipinski definition) is 0. The lowest BCUT2D eigenvalue weighted by Gasteiger charge is -2.35. The topological polar surface area (TPSA) is 0 Å². The van der Waals surface area contributed by atoms with Crippen molar-refractivity contribution in [1.29, 1.82) is 0 Å². The molecule has 0 nitrogen and oxygen atoms in total. The first-order valence-corrected chi connectivity index (χ1v) is 7.65. The lowest BCUT2D eigenvalue weighted by Crippen LogP contribution is -2.38. The van der Waals surface area contributed by atoms with Crippen LogP contribution in [0.2, 0.25) is 5.02 Å². The fraction of sp³-hybridized carbons (Fsp3) is 0.600. The zero-order valence-electron chi connectivity index (χ0n) is 11.0. The third-order valence-corrected chi connectivity index (χ3v) is 4.92. The zero-order valence-corrected chi connectivity index (χ0v) is 12.5. The van der Waals surface area contributed by atoms with Crippen LogP contribution < -0.4 is 0 Å². The molecule has 1 aromatic rings. The molecule has 3 unspecified atom stereocenters. The molecule has 20 heavy (non-hydrogen) atoms. The molecular formula is C15H17Cl2F3. The van der Waals surface area contributed by atoms with E-state index >= 15 is 0 Å². The van der Waals surface area contributed by atoms with Gasteiger partial charge in [-0.2, -0.15) is 13.2 Å². The van der Waals surface area contributed by atoms with Crippen molar-refractivity contribution in [2.24, 2.45) is 11.8 Å². The highest BCUT2D eigenvalue weighted by atomic mass is 35.5. The maximum absolute atomic E-state index is 13.1. The summed E-state index contributed by atoms with van der Waals surface area (Å²) in [4.78, 5) is 0. The Labute approximate surface area is 127 Å². The molecule has 2 rings (SSSR count). The summed E-state index contributed by atoms with van der Waals surface area (Å²) in [6, 6.07) is 7.19. The summed E-state index contributed by atoms with van der Waals surface area (Å²) < 4.78 is 39.3. The van der Waals surface area contributed by atoms with Gasteiger partial charge in [0.15, 0.2) is 0 Å². The van der Waals surface area contributed by atoms with Crippen LogP contribution in [-0.4, -0.2) is 11.6 Å². The van der Waals surface area contributed by atoms with Gasteiger partial charge in [-0.05, 0) is 36.8 Å². The highest BCUT2D eigenvalue weighted by molar-refractivity contribution is 6.31. The van der Waals surface area contributed by atoms with E-state index in [-0.39, 0.29) is 6.42 Å². The maximum Gasteiger partial charge on any atom is 0.392 e. The number of hydrogen-bond acceptors (Lipinski definition) is 0. The third-order valence-electron chi connectivity index (χ3n) is 4.08. The average Bonchev–Trinajstić information content (AvgIpc) is 2.40. The Kier molecular flexibility index (Phi) is 5.25. The zero-order chi connectivity index (χ0) is 14.8. The molecule has 0 bridgehead atoms. The van der Waals surface area contributed by atoms with Gasteiger partial charge >= 0.3 is 6.18 Å². The summed E-state index contributed by atoms with van der Waals surface area (Å²) in [6.07, 6.45) is -1.57. The molecule has 0 saturated heterocycles. The van der Waals surface area contributed by atoms with Crippen molar-refractivity contribution in [2.45, 2.75) is 43.7 Å². The van der Waals surface area contributed by atoms with E-state index in [1.807, 2.05) is 12.1 Å². The Morgan fingerprint density at radius 2 is 1.80 bits per heavy atom. The monoisotopic (exact) mass is 324 g/mol. The molecule has 1 saturated carbocycles. The molecule has 0 spiro atoms. The molecule has 0 radical (unpaired) electrons. The summed E-state index contributed by atoms with van der Waals surface area (Å²) >= 11 is 12.4. The van der Waals surface area contributed by atoms with Crippen molar-refractivity contribution in [3.63, 3.8) is 0 Å². The largest absolute Gasteiger partial charge is 0.392 e. The van der Waals surface area contributed by atoms with E-state index in [0.29, 0.717) is 24.3 Å². The molecule has 0 N–H and O–H groups in total. The van der Waals surface area contributed by atoms with Crippen LogP contribution in [0.3, 0.4) is 0 Å². The third kappa shape index (κ3) is 3.82. The van der Waals surface area contributed by atoms with Crippen molar-refractivity contribution < 1.29 is 13.2 Å². The second kappa shape index (κ2) is 6.57. The van der Waals surface area contributed by atoms with Gasteiger partial charge < -0.3 is 0 Å². The lowest BCUT2D eigenvalue weighted by molar-refractivity contribution is -0.196. The summed E-state index contributed by atoms with van der Waals surface area (Å²) in [5, 5.41) is 0.0411. The normalized spacial score (nSPS) is 25.4. The summed E-state index contributed by atoms with van der Waals surface area (Å²) in [5.41, 5.74) is 0.820. The summed E-state index contributed by atoms with van der Waals surface area (Å²) in [7, 11) is 0. The number of halogens is 5. The van der Waals surface area contributed by atoms with Gasteiger partial charge in [0, 0.05) is 10.4 Å². The van der Waals surface area contributed by atoms with Gasteiger partial charge in [-0.1, -0.05) is 42.6 Å². The highest BCUT2D eigenvalue weighted by Crippen LogP contribution is 2.44. The van der Waals surface area contributed by atoms with Crippen molar-refractivity contribution in [1.82, 2.24) is 0 Å². The van der Waals surface area contributed by atoms with Crippen LogP contribution in [0.1, 0.15) is 31.2 Å². The van der Waals surface area contributed by atoms with Gasteiger partial charge in [-0.25, -0.2) is 0 Å². The van der Waals surface area contributed by atoms with Crippen molar-refractivity contribution >= 4 is 23.2 Å². The summed E-state index contributed by atoms with van der Waals surface area (Å²) in [6.45, 7) is 0. The highest BCUT2D eigenvalue weighted by Gasteiger charge is 2.47. The van der Waals surface area contributed by atoms with Gasteiger partial charge in [-0.15, -0.1) is 11.6 Å². The van der Waals surface area contributed by atoms with Crippen LogP contribution in [0.25, 0.3) is 0 Å². The van der Waals surface area contributed by atoms with E-state index in [0.717, 1.165) is 12.0 Å². The Morgan fingerprint density at radius 3 is 2.45 bits per heavy atom. The van der Waals surface area contributed by atoms with E-state index in [4.69, 9.17) is 23.2 Å². The number of alkyl halides is 4. The van der Waals surface area contributed by atoms with Gasteiger partial charge in [0.05, 0.1) is 5.92 Å². The standard InChI is InChI=1S/C15H17Cl2F3/c16-13-8-4-1-5-10(13)9-14(17)11-6-2-3-7-12(11)15(18,19)20/h1,4-5,8,11-12,14H,2-3,6-7,9H2. The Morgan fingerprint density at radius 1 is 1.15 bits per heavy atom. The van der Waals surface area contributed by atoms with Crippen LogP contribution in [0.15, 0.2) is 24.3 Å². The van der Waals surface area contributed by atoms with Crippen LogP contribution in [0, 0.1) is 11.8 Å². The maximum atomic E-state index is 13.1. The molecule has 0 aliphatic heterocycles. The predicted octanol–water partition coefficient (Wildman–Crippen LogP) is 5.86. The van der Waals surface area contributed by atoms with Crippen LogP contribution in [-0.2, 0) is 6.42 Å².